The molecule has 3 heterocycles. The molecular formula is C17H29N7. The zero-order chi connectivity index (χ0) is 16.9. The number of piperidine rings is 1. The molecule has 24 heavy (non-hydrogen) atoms. The van der Waals surface area contributed by atoms with E-state index in [2.05, 4.69) is 38.8 Å². The minimum Gasteiger partial charge on any atom is -0.325 e. The average molecular weight is 331 g/mol. The van der Waals surface area contributed by atoms with Crippen LogP contribution in [0.4, 0.5) is 0 Å². The van der Waals surface area contributed by atoms with Crippen molar-refractivity contribution in [3.63, 3.8) is 0 Å². The van der Waals surface area contributed by atoms with E-state index in [-0.39, 0.29) is 0 Å². The van der Waals surface area contributed by atoms with Crippen LogP contribution in [0.5, 0.6) is 0 Å². The Labute approximate surface area is 143 Å². The van der Waals surface area contributed by atoms with Gasteiger partial charge in [0.25, 0.3) is 0 Å². The number of hydrogen-bond acceptors (Lipinski definition) is 5. The minimum absolute atomic E-state index is 0.456. The first-order valence-corrected chi connectivity index (χ1v) is 9.02. The largest absolute Gasteiger partial charge is 0.325 e. The summed E-state index contributed by atoms with van der Waals surface area (Å²) < 4.78 is 4.07. The molecule has 7 nitrogen and oxygen atoms in total. The van der Waals surface area contributed by atoms with Gasteiger partial charge in [-0.1, -0.05) is 12.1 Å². The van der Waals surface area contributed by atoms with E-state index in [0.29, 0.717) is 12.5 Å². The second-order valence-electron chi connectivity index (χ2n) is 6.86. The summed E-state index contributed by atoms with van der Waals surface area (Å²) in [6.45, 7) is 10.0. The van der Waals surface area contributed by atoms with Crippen molar-refractivity contribution in [2.24, 2.45) is 11.7 Å². The zero-order valence-electron chi connectivity index (χ0n) is 14.9. The number of nitrogens with two attached hydrogens (primary N) is 1. The van der Waals surface area contributed by atoms with Crippen LogP contribution in [0, 0.1) is 12.8 Å². The highest BCUT2D eigenvalue weighted by molar-refractivity contribution is 5.16. The molecule has 0 radical (unpaired) electrons. The highest BCUT2D eigenvalue weighted by Gasteiger charge is 2.22. The fraction of sp³-hybridized carbons (Fsp3) is 0.706. The standard InChI is InChI=1S/C17H29N7/c1-3-6-24-14(2)16(9-19-24)12-22-7-4-5-15(10-22)11-23-13-17(8-18)20-21-23/h9,13,15H,3-8,10-12,18H2,1-2H3/t15-/m0/s1. The summed E-state index contributed by atoms with van der Waals surface area (Å²) in [6, 6.07) is 0. The van der Waals surface area contributed by atoms with Crippen LogP contribution in [0.15, 0.2) is 12.4 Å². The minimum atomic E-state index is 0.456. The molecule has 1 saturated heterocycles. The van der Waals surface area contributed by atoms with Gasteiger partial charge in [-0.25, -0.2) is 0 Å². The summed E-state index contributed by atoms with van der Waals surface area (Å²) >= 11 is 0. The summed E-state index contributed by atoms with van der Waals surface area (Å²) in [7, 11) is 0. The fourth-order valence-electron chi connectivity index (χ4n) is 3.55. The molecule has 0 spiro atoms. The van der Waals surface area contributed by atoms with Crippen LogP contribution in [-0.4, -0.2) is 42.8 Å². The Morgan fingerprint density at radius 2 is 2.25 bits per heavy atom. The van der Waals surface area contributed by atoms with Gasteiger partial charge in [-0.15, -0.1) is 5.10 Å². The van der Waals surface area contributed by atoms with Crippen LogP contribution in [0.2, 0.25) is 0 Å². The van der Waals surface area contributed by atoms with Crippen LogP contribution in [0.3, 0.4) is 0 Å². The third-order valence-electron chi connectivity index (χ3n) is 4.88. The van der Waals surface area contributed by atoms with Crippen LogP contribution in [0.25, 0.3) is 0 Å². The van der Waals surface area contributed by atoms with Crippen molar-refractivity contribution in [3.8, 4) is 0 Å². The molecule has 132 valence electrons. The second-order valence-corrected chi connectivity index (χ2v) is 6.86. The van der Waals surface area contributed by atoms with Crippen molar-refractivity contribution in [1.82, 2.24) is 29.7 Å². The van der Waals surface area contributed by atoms with Crippen molar-refractivity contribution >= 4 is 0 Å². The predicted molar refractivity (Wildman–Crippen MR) is 93.2 cm³/mol. The lowest BCUT2D eigenvalue weighted by Gasteiger charge is -2.32. The van der Waals surface area contributed by atoms with E-state index in [0.717, 1.165) is 38.3 Å². The van der Waals surface area contributed by atoms with Crippen molar-refractivity contribution in [2.45, 2.75) is 59.3 Å². The maximum Gasteiger partial charge on any atom is 0.0962 e. The molecule has 2 aromatic heterocycles. The Hall–Kier alpha value is -1.73. The maximum absolute atomic E-state index is 5.61. The SMILES string of the molecule is CCCn1ncc(CN2CCC[C@H](Cn3cc(CN)nn3)C2)c1C. The Bertz CT molecular complexity index is 645. The van der Waals surface area contributed by atoms with E-state index in [4.69, 9.17) is 5.73 Å². The molecule has 1 aliphatic rings. The van der Waals surface area contributed by atoms with Gasteiger partial charge in [-0.3, -0.25) is 14.3 Å². The monoisotopic (exact) mass is 331 g/mol. The molecule has 1 aliphatic heterocycles. The number of aryl methyl sites for hydroxylation is 1. The number of rotatable bonds is 7. The molecular weight excluding hydrogens is 302 g/mol. The summed E-state index contributed by atoms with van der Waals surface area (Å²) in [6.07, 6.45) is 7.63. The number of hydrogen-bond donors (Lipinski definition) is 1. The van der Waals surface area contributed by atoms with Crippen LogP contribution < -0.4 is 5.73 Å². The average Bonchev–Trinajstić information content (AvgIpc) is 3.17. The highest BCUT2D eigenvalue weighted by Crippen LogP contribution is 2.21. The second kappa shape index (κ2) is 7.90. The Morgan fingerprint density at radius 3 is 3.00 bits per heavy atom. The third-order valence-corrected chi connectivity index (χ3v) is 4.88. The van der Waals surface area contributed by atoms with E-state index >= 15 is 0 Å². The Morgan fingerprint density at radius 1 is 1.38 bits per heavy atom. The number of likely N-dealkylation sites (tertiary alicyclic amines) is 1. The lowest BCUT2D eigenvalue weighted by Crippen LogP contribution is -2.36. The normalized spacial score (nSPS) is 19.0. The van der Waals surface area contributed by atoms with E-state index in [1.165, 1.54) is 30.6 Å². The summed E-state index contributed by atoms with van der Waals surface area (Å²) in [5.74, 6) is 0.622. The Balaban J connectivity index is 1.57. The topological polar surface area (TPSA) is 77.8 Å². The van der Waals surface area contributed by atoms with Crippen molar-refractivity contribution in [1.29, 1.82) is 0 Å². The molecule has 1 fully saturated rings. The number of nitrogens with zero attached hydrogens (tertiary/aromatic N) is 6. The molecule has 1 atom stereocenters. The summed E-state index contributed by atoms with van der Waals surface area (Å²) in [5, 5.41) is 12.8. The van der Waals surface area contributed by atoms with Gasteiger partial charge in [0, 0.05) is 50.2 Å². The molecule has 2 N–H and O–H groups in total. The molecule has 2 aromatic rings. The van der Waals surface area contributed by atoms with Crippen molar-refractivity contribution in [3.05, 3.63) is 29.3 Å². The molecule has 0 unspecified atom stereocenters. The fourth-order valence-corrected chi connectivity index (χ4v) is 3.55. The summed E-state index contributed by atoms with van der Waals surface area (Å²) in [4.78, 5) is 2.55. The first kappa shape index (κ1) is 17.1. The zero-order valence-corrected chi connectivity index (χ0v) is 14.9. The lowest BCUT2D eigenvalue weighted by atomic mass is 9.97. The number of aromatic nitrogens is 5. The molecule has 7 heteroatoms. The van der Waals surface area contributed by atoms with E-state index in [1.807, 2.05) is 17.1 Å². The van der Waals surface area contributed by atoms with Gasteiger partial charge in [0.1, 0.15) is 0 Å². The van der Waals surface area contributed by atoms with Gasteiger partial charge >= 0.3 is 0 Å². The van der Waals surface area contributed by atoms with Crippen LogP contribution in [-0.2, 0) is 26.2 Å². The lowest BCUT2D eigenvalue weighted by molar-refractivity contribution is 0.152. The quantitative estimate of drug-likeness (QED) is 0.833. The molecule has 0 aromatic carbocycles. The van der Waals surface area contributed by atoms with Gasteiger partial charge in [0.05, 0.1) is 11.9 Å². The van der Waals surface area contributed by atoms with Crippen molar-refractivity contribution in [2.75, 3.05) is 13.1 Å². The van der Waals surface area contributed by atoms with Crippen LogP contribution in [0.1, 0.15) is 43.1 Å². The van der Waals surface area contributed by atoms with Crippen LogP contribution >= 0.6 is 0 Å². The molecule has 0 saturated carbocycles. The van der Waals surface area contributed by atoms with E-state index in [1.54, 1.807) is 0 Å². The first-order chi connectivity index (χ1) is 11.7. The maximum atomic E-state index is 5.61. The first-order valence-electron chi connectivity index (χ1n) is 9.02. The van der Waals surface area contributed by atoms with Gasteiger partial charge in [-0.05, 0) is 38.6 Å². The van der Waals surface area contributed by atoms with Gasteiger partial charge in [-0.2, -0.15) is 5.10 Å². The molecule has 0 aliphatic carbocycles. The van der Waals surface area contributed by atoms with Gasteiger partial charge in [0.2, 0.25) is 0 Å². The molecule has 0 amide bonds. The van der Waals surface area contributed by atoms with Crippen molar-refractivity contribution < 1.29 is 0 Å². The van der Waals surface area contributed by atoms with Gasteiger partial charge in [0.15, 0.2) is 0 Å². The third kappa shape index (κ3) is 4.02. The smallest absolute Gasteiger partial charge is 0.0962 e. The molecule has 0 bridgehead atoms. The van der Waals surface area contributed by atoms with E-state index < -0.39 is 0 Å². The van der Waals surface area contributed by atoms with E-state index in [9.17, 15) is 0 Å². The highest BCUT2D eigenvalue weighted by atomic mass is 15.4. The van der Waals surface area contributed by atoms with Gasteiger partial charge < -0.3 is 5.73 Å². The molecule has 3 rings (SSSR count). The Kier molecular flexibility index (Phi) is 5.63. The summed E-state index contributed by atoms with van der Waals surface area (Å²) in [5.41, 5.74) is 9.14. The predicted octanol–water partition coefficient (Wildman–Crippen LogP) is 1.56.